The SMILES string of the molecule is CCCCCCN1C=CC(c2c3nc(c(C4=CCN(CCCCCC)C=C4)c4ccc([nH]4)c(C4=CCN(CCCCCC)C=C4)c4nc(c(C5=CCN(CCCCCC)C=C5)c5ccc2[nH]5)C=C4)C=C3)=CC1. The van der Waals surface area contributed by atoms with Gasteiger partial charge < -0.3 is 29.6 Å². The first kappa shape index (κ1) is 50.7. The van der Waals surface area contributed by atoms with Crippen LogP contribution in [0.25, 0.3) is 68.7 Å². The highest BCUT2D eigenvalue weighted by atomic mass is 15.1. The van der Waals surface area contributed by atoms with E-state index >= 15 is 0 Å². The molecule has 2 N–H and O–H groups in total. The molecular weight excluding hydrogens is 881 g/mol. The van der Waals surface area contributed by atoms with Gasteiger partial charge in [0.05, 0.1) is 22.8 Å². The van der Waals surface area contributed by atoms with Crippen LogP contribution in [0.1, 0.15) is 175 Å². The maximum atomic E-state index is 5.64. The third-order valence-electron chi connectivity index (χ3n) is 15.1. The fourth-order valence-corrected chi connectivity index (χ4v) is 10.9. The van der Waals surface area contributed by atoms with Crippen LogP contribution in [0.5, 0.6) is 0 Å². The molecule has 0 aromatic carbocycles. The normalized spacial score (nSPS) is 16.3. The molecule has 0 fully saturated rings. The van der Waals surface area contributed by atoms with E-state index in [1.54, 1.807) is 0 Å². The molecule has 6 aliphatic heterocycles. The molecule has 72 heavy (non-hydrogen) atoms. The fraction of sp³-hybridized carbons (Fsp3) is 0.438. The molecule has 8 heteroatoms. The highest BCUT2D eigenvalue weighted by Gasteiger charge is 2.22. The van der Waals surface area contributed by atoms with Gasteiger partial charge in [-0.3, -0.25) is 0 Å². The Kier molecular flexibility index (Phi) is 17.9. The average Bonchev–Trinajstić information content (AvgIpc) is 4.27. The summed E-state index contributed by atoms with van der Waals surface area (Å²) in [5, 5.41) is 0. The van der Waals surface area contributed by atoms with Gasteiger partial charge in [0.1, 0.15) is 0 Å². The lowest BCUT2D eigenvalue weighted by atomic mass is 10.0. The standard InChI is InChI=1S/C64H82N8/c1-5-9-13-17-37-69-41-29-49(30-42-69)61-53-21-23-55(65-53)62(50-31-43-70(44-32-50)38-18-14-10-6-2)57-25-27-59(67-57)64(52-35-47-72(48-36-52)40-20-16-12-8-4)60-28-26-58(68-60)63(56-24-22-54(61)66-56)51-33-45-71(46-34-51)39-19-15-11-7-3/h21-36,41,43,45,47,65,68H,5-20,37-40,42,44,46,48H2,1-4H3. The summed E-state index contributed by atoms with van der Waals surface area (Å²) < 4.78 is 0. The minimum atomic E-state index is 0.878. The van der Waals surface area contributed by atoms with E-state index in [2.05, 4.69) is 179 Å². The van der Waals surface area contributed by atoms with Gasteiger partial charge >= 0.3 is 0 Å². The van der Waals surface area contributed by atoms with E-state index < -0.39 is 0 Å². The first-order chi connectivity index (χ1) is 35.5. The Bertz CT molecular complexity index is 2470. The lowest BCUT2D eigenvalue weighted by molar-refractivity contribution is 0.395. The van der Waals surface area contributed by atoms with Crippen LogP contribution < -0.4 is 0 Å². The second-order valence-corrected chi connectivity index (χ2v) is 20.6. The summed E-state index contributed by atoms with van der Waals surface area (Å²) in [5.41, 5.74) is 17.3. The largest absolute Gasteiger partial charge is 0.374 e. The van der Waals surface area contributed by atoms with Crippen LogP contribution in [0.15, 0.2) is 97.7 Å². The summed E-state index contributed by atoms with van der Waals surface area (Å²) in [6.07, 6.45) is 57.2. The highest BCUT2D eigenvalue weighted by molar-refractivity contribution is 5.99. The maximum absolute atomic E-state index is 5.64. The quantitative estimate of drug-likeness (QED) is 0.0601. The smallest absolute Gasteiger partial charge is 0.0737 e. The fourth-order valence-electron chi connectivity index (χ4n) is 10.9. The molecule has 6 aliphatic rings. The van der Waals surface area contributed by atoms with Crippen molar-refractivity contribution < 1.29 is 0 Å². The predicted molar refractivity (Wildman–Crippen MR) is 310 cm³/mol. The molecule has 3 aromatic rings. The number of fused-ring (bicyclic) bond motifs is 8. The van der Waals surface area contributed by atoms with E-state index in [1.165, 1.54) is 125 Å². The summed E-state index contributed by atoms with van der Waals surface area (Å²) in [7, 11) is 0. The summed E-state index contributed by atoms with van der Waals surface area (Å²) in [6, 6.07) is 9.08. The van der Waals surface area contributed by atoms with Crippen LogP contribution in [0.2, 0.25) is 0 Å². The number of unbranched alkanes of at least 4 members (excludes halogenated alkanes) is 12. The zero-order chi connectivity index (χ0) is 49.5. The van der Waals surface area contributed by atoms with Crippen molar-refractivity contribution in [1.82, 2.24) is 39.5 Å². The molecule has 0 aliphatic carbocycles. The first-order valence-electron chi connectivity index (χ1n) is 28.2. The number of aromatic amines is 2. The van der Waals surface area contributed by atoms with Crippen molar-refractivity contribution in [1.29, 1.82) is 0 Å². The summed E-state index contributed by atoms with van der Waals surface area (Å²) >= 11 is 0. The number of aromatic nitrogens is 4. The molecule has 0 atom stereocenters. The van der Waals surface area contributed by atoms with Crippen LogP contribution in [0, 0.1) is 0 Å². The van der Waals surface area contributed by atoms with Crippen molar-refractivity contribution in [3.05, 3.63) is 143 Å². The lowest BCUT2D eigenvalue weighted by Gasteiger charge is -2.23. The van der Waals surface area contributed by atoms with E-state index in [0.717, 1.165) is 119 Å². The summed E-state index contributed by atoms with van der Waals surface area (Å²) in [4.78, 5) is 29.1. The first-order valence-corrected chi connectivity index (χ1v) is 28.2. The maximum Gasteiger partial charge on any atom is 0.0737 e. The number of allylic oxidation sites excluding steroid dienone is 8. The van der Waals surface area contributed by atoms with Gasteiger partial charge in [0.15, 0.2) is 0 Å². The van der Waals surface area contributed by atoms with Crippen LogP contribution in [0.3, 0.4) is 0 Å². The molecule has 378 valence electrons. The summed E-state index contributed by atoms with van der Waals surface area (Å²) in [6.45, 7) is 17.0. The van der Waals surface area contributed by atoms with Crippen molar-refractivity contribution in [3.63, 3.8) is 0 Å². The third kappa shape index (κ3) is 12.5. The van der Waals surface area contributed by atoms with Crippen molar-refractivity contribution in [2.75, 3.05) is 52.4 Å². The van der Waals surface area contributed by atoms with Gasteiger partial charge in [-0.2, -0.15) is 0 Å². The second-order valence-electron chi connectivity index (χ2n) is 20.6. The molecular formula is C64H82N8. The van der Waals surface area contributed by atoms with E-state index in [9.17, 15) is 0 Å². The van der Waals surface area contributed by atoms with Crippen molar-refractivity contribution in [2.45, 2.75) is 130 Å². The number of nitrogens with zero attached hydrogens (tertiary/aromatic N) is 6. The number of nitrogens with one attached hydrogen (secondary N) is 2. The third-order valence-corrected chi connectivity index (χ3v) is 15.1. The van der Waals surface area contributed by atoms with Crippen LogP contribution in [0.4, 0.5) is 0 Å². The monoisotopic (exact) mass is 963 g/mol. The Hall–Kier alpha value is -6.28. The molecule has 0 saturated carbocycles. The van der Waals surface area contributed by atoms with E-state index in [4.69, 9.17) is 9.97 Å². The van der Waals surface area contributed by atoms with Crippen molar-refractivity contribution in [2.24, 2.45) is 0 Å². The van der Waals surface area contributed by atoms with Gasteiger partial charge in [-0.05, 0) is 146 Å². The van der Waals surface area contributed by atoms with Gasteiger partial charge in [0, 0.05) is 96.7 Å². The summed E-state index contributed by atoms with van der Waals surface area (Å²) in [5.74, 6) is 0. The molecule has 0 saturated heterocycles. The Morgan fingerprint density at radius 3 is 0.792 bits per heavy atom. The minimum absolute atomic E-state index is 0.878. The minimum Gasteiger partial charge on any atom is -0.374 e. The zero-order valence-electron chi connectivity index (χ0n) is 44.2. The van der Waals surface area contributed by atoms with Crippen LogP contribution in [-0.4, -0.2) is 91.9 Å². The molecule has 3 aromatic heterocycles. The van der Waals surface area contributed by atoms with Gasteiger partial charge in [-0.1, -0.05) is 129 Å². The molecule has 8 nitrogen and oxygen atoms in total. The molecule has 9 heterocycles. The number of hydrogen-bond acceptors (Lipinski definition) is 6. The van der Waals surface area contributed by atoms with E-state index in [0.29, 0.717) is 0 Å². The molecule has 8 bridgehead atoms. The zero-order valence-corrected chi connectivity index (χ0v) is 44.2. The molecule has 0 radical (unpaired) electrons. The van der Waals surface area contributed by atoms with Gasteiger partial charge in [-0.15, -0.1) is 0 Å². The highest BCUT2D eigenvalue weighted by Crippen LogP contribution is 2.37. The molecule has 0 spiro atoms. The molecule has 0 amide bonds. The second kappa shape index (κ2) is 25.4. The Morgan fingerprint density at radius 2 is 0.583 bits per heavy atom. The Labute approximate surface area is 431 Å². The molecule has 0 unspecified atom stereocenters. The van der Waals surface area contributed by atoms with Gasteiger partial charge in [-0.25, -0.2) is 9.97 Å². The molecule has 9 rings (SSSR count). The van der Waals surface area contributed by atoms with Crippen LogP contribution in [-0.2, 0) is 0 Å². The van der Waals surface area contributed by atoms with Crippen molar-refractivity contribution >= 4 is 68.7 Å². The lowest BCUT2D eigenvalue weighted by Crippen LogP contribution is -2.21. The van der Waals surface area contributed by atoms with E-state index in [1.807, 2.05) is 0 Å². The average molecular weight is 963 g/mol. The Balaban J connectivity index is 1.22. The Morgan fingerprint density at radius 1 is 0.333 bits per heavy atom. The number of hydrogen-bond donors (Lipinski definition) is 2. The van der Waals surface area contributed by atoms with Gasteiger partial charge in [0.25, 0.3) is 0 Å². The predicted octanol–water partition coefficient (Wildman–Crippen LogP) is 15.8. The number of H-pyrrole nitrogens is 2. The topological polar surface area (TPSA) is 70.3 Å². The van der Waals surface area contributed by atoms with Crippen molar-refractivity contribution in [3.8, 4) is 0 Å². The van der Waals surface area contributed by atoms with Gasteiger partial charge in [0.2, 0.25) is 0 Å². The van der Waals surface area contributed by atoms with Crippen LogP contribution >= 0.6 is 0 Å². The van der Waals surface area contributed by atoms with E-state index in [-0.39, 0.29) is 0 Å². The number of rotatable bonds is 24.